The Balaban J connectivity index is 1.58. The smallest absolute Gasteiger partial charge is 0.335 e. The number of carboxylic acid groups (broad SMARTS) is 1. The van der Waals surface area contributed by atoms with Crippen molar-refractivity contribution in [1.29, 1.82) is 0 Å². The second kappa shape index (κ2) is 14.5. The van der Waals surface area contributed by atoms with Gasteiger partial charge in [-0.1, -0.05) is 30.3 Å². The van der Waals surface area contributed by atoms with Gasteiger partial charge in [0, 0.05) is 23.6 Å². The third-order valence-corrected chi connectivity index (χ3v) is 6.10. The lowest BCUT2D eigenvalue weighted by Crippen LogP contribution is -2.40. The van der Waals surface area contributed by atoms with Gasteiger partial charge >= 0.3 is 12.0 Å². The van der Waals surface area contributed by atoms with Crippen LogP contribution in [-0.4, -0.2) is 72.5 Å². The van der Waals surface area contributed by atoms with Crippen molar-refractivity contribution in [3.8, 4) is 0 Å². The molecule has 0 aliphatic heterocycles. The van der Waals surface area contributed by atoms with Gasteiger partial charge in [0.15, 0.2) is 0 Å². The Bertz CT molecular complexity index is 1320. The Morgan fingerprint density at radius 3 is 2.02 bits per heavy atom. The number of hydrogen-bond acceptors (Lipinski definition) is 5. The van der Waals surface area contributed by atoms with Crippen LogP contribution in [0, 0.1) is 6.92 Å². The summed E-state index contributed by atoms with van der Waals surface area (Å²) in [5, 5.41) is 17.4. The molecule has 0 fully saturated rings. The number of carbonyl (C=O) groups is 4. The number of aromatic carboxylic acids is 1. The number of para-hydroxylation sites is 1. The van der Waals surface area contributed by atoms with Crippen LogP contribution in [0.2, 0.25) is 0 Å². The molecule has 0 radical (unpaired) electrons. The fourth-order valence-corrected chi connectivity index (χ4v) is 3.93. The summed E-state index contributed by atoms with van der Waals surface area (Å²) >= 11 is 0. The Morgan fingerprint density at radius 1 is 0.775 bits per heavy atom. The largest absolute Gasteiger partial charge is 0.478 e. The SMILES string of the molecule is Cc1ccccc1NC(=O)Nc1ccc(CC(=O)N(CCCN(C)C)CC(=O)Nc2ccc(C(=O)O)cc2)cc1. The maximum Gasteiger partial charge on any atom is 0.335 e. The molecule has 210 valence electrons. The average molecular weight is 546 g/mol. The molecule has 0 aliphatic rings. The number of amides is 4. The summed E-state index contributed by atoms with van der Waals surface area (Å²) in [5.41, 5.74) is 3.57. The number of carboxylic acids is 1. The predicted octanol–water partition coefficient (Wildman–Crippen LogP) is 4.30. The van der Waals surface area contributed by atoms with Gasteiger partial charge in [0.1, 0.15) is 0 Å². The van der Waals surface area contributed by atoms with Crippen LogP contribution >= 0.6 is 0 Å². The predicted molar refractivity (Wildman–Crippen MR) is 156 cm³/mol. The molecule has 4 amide bonds. The van der Waals surface area contributed by atoms with Crippen LogP contribution in [0.5, 0.6) is 0 Å². The first kappa shape index (κ1) is 29.9. The Hall–Kier alpha value is -4.70. The van der Waals surface area contributed by atoms with Gasteiger partial charge in [-0.3, -0.25) is 9.59 Å². The number of nitrogens with zero attached hydrogens (tertiary/aromatic N) is 2. The van der Waals surface area contributed by atoms with Crippen molar-refractivity contribution in [2.24, 2.45) is 0 Å². The number of benzene rings is 3. The Kier molecular flexibility index (Phi) is 10.8. The van der Waals surface area contributed by atoms with Gasteiger partial charge in [-0.2, -0.15) is 0 Å². The quantitative estimate of drug-likeness (QED) is 0.268. The highest BCUT2D eigenvalue weighted by atomic mass is 16.4. The lowest BCUT2D eigenvalue weighted by atomic mass is 10.1. The zero-order valence-electron chi connectivity index (χ0n) is 22.9. The van der Waals surface area contributed by atoms with Crippen molar-refractivity contribution >= 4 is 40.9 Å². The Morgan fingerprint density at radius 2 is 1.40 bits per heavy atom. The van der Waals surface area contributed by atoms with Crippen molar-refractivity contribution in [2.75, 3.05) is 49.7 Å². The van der Waals surface area contributed by atoms with Crippen molar-refractivity contribution in [2.45, 2.75) is 19.8 Å². The molecule has 0 aliphatic carbocycles. The third kappa shape index (κ3) is 9.55. The number of urea groups is 1. The van der Waals surface area contributed by atoms with E-state index in [-0.39, 0.29) is 36.4 Å². The molecule has 4 N–H and O–H groups in total. The number of rotatable bonds is 12. The van der Waals surface area contributed by atoms with E-state index in [0.29, 0.717) is 24.3 Å². The molecule has 0 spiro atoms. The van der Waals surface area contributed by atoms with Gasteiger partial charge in [0.05, 0.1) is 18.5 Å². The second-order valence-electron chi connectivity index (χ2n) is 9.67. The highest BCUT2D eigenvalue weighted by Gasteiger charge is 2.18. The number of anilines is 3. The van der Waals surface area contributed by atoms with Gasteiger partial charge in [0.25, 0.3) is 0 Å². The van der Waals surface area contributed by atoms with Crippen molar-refractivity contribution < 1.29 is 24.3 Å². The van der Waals surface area contributed by atoms with E-state index in [1.165, 1.54) is 29.2 Å². The lowest BCUT2D eigenvalue weighted by molar-refractivity contribution is -0.134. The zero-order chi connectivity index (χ0) is 29.1. The van der Waals surface area contributed by atoms with Gasteiger partial charge in [0.2, 0.25) is 11.8 Å². The van der Waals surface area contributed by atoms with Gasteiger partial charge in [-0.05, 0) is 87.6 Å². The molecule has 3 aromatic carbocycles. The summed E-state index contributed by atoms with van der Waals surface area (Å²) in [7, 11) is 3.88. The molecule has 0 heterocycles. The summed E-state index contributed by atoms with van der Waals surface area (Å²) in [6.07, 6.45) is 0.788. The molecule has 0 saturated heterocycles. The van der Waals surface area contributed by atoms with Gasteiger partial charge in [-0.15, -0.1) is 0 Å². The normalized spacial score (nSPS) is 10.6. The summed E-state index contributed by atoms with van der Waals surface area (Å²) in [6.45, 7) is 2.94. The molecule has 3 aromatic rings. The summed E-state index contributed by atoms with van der Waals surface area (Å²) in [4.78, 5) is 52.8. The molecule has 10 nitrogen and oxygen atoms in total. The monoisotopic (exact) mass is 545 g/mol. The number of nitrogens with one attached hydrogen (secondary N) is 3. The molecule has 0 unspecified atom stereocenters. The van der Waals surface area contributed by atoms with E-state index in [1.54, 1.807) is 24.3 Å². The van der Waals surface area contributed by atoms with Crippen LogP contribution in [0.1, 0.15) is 27.9 Å². The van der Waals surface area contributed by atoms with Crippen molar-refractivity contribution in [1.82, 2.24) is 9.80 Å². The summed E-state index contributed by atoms with van der Waals surface area (Å²) < 4.78 is 0. The average Bonchev–Trinajstić information content (AvgIpc) is 2.90. The van der Waals surface area contributed by atoms with Gasteiger partial charge < -0.3 is 30.9 Å². The summed E-state index contributed by atoms with van der Waals surface area (Å²) in [5.74, 6) is -1.63. The lowest BCUT2D eigenvalue weighted by Gasteiger charge is -2.23. The first-order valence-corrected chi connectivity index (χ1v) is 12.9. The van der Waals surface area contributed by atoms with E-state index < -0.39 is 5.97 Å². The highest BCUT2D eigenvalue weighted by Crippen LogP contribution is 2.16. The van der Waals surface area contributed by atoms with Crippen LogP contribution in [0.15, 0.2) is 72.8 Å². The van der Waals surface area contributed by atoms with E-state index >= 15 is 0 Å². The minimum Gasteiger partial charge on any atom is -0.478 e. The second-order valence-corrected chi connectivity index (χ2v) is 9.67. The standard InChI is InChI=1S/C30H35N5O5/c1-21-7-4-5-8-26(21)33-30(40)32-25-13-9-22(10-14-25)19-28(37)35(18-6-17-34(2)3)20-27(36)31-24-15-11-23(12-16-24)29(38)39/h4-5,7-16H,6,17-20H2,1-3H3,(H,31,36)(H,38,39)(H2,32,33,40). The van der Waals surface area contributed by atoms with E-state index in [1.807, 2.05) is 50.2 Å². The highest BCUT2D eigenvalue weighted by molar-refractivity contribution is 6.00. The Labute approximate surface area is 234 Å². The minimum atomic E-state index is -1.05. The van der Waals surface area contributed by atoms with Crippen molar-refractivity contribution in [3.05, 3.63) is 89.5 Å². The van der Waals surface area contributed by atoms with Gasteiger partial charge in [-0.25, -0.2) is 9.59 Å². The van der Waals surface area contributed by atoms with E-state index in [2.05, 4.69) is 16.0 Å². The zero-order valence-corrected chi connectivity index (χ0v) is 22.9. The first-order valence-electron chi connectivity index (χ1n) is 12.9. The maximum absolute atomic E-state index is 13.2. The van der Waals surface area contributed by atoms with Crippen LogP contribution in [0.25, 0.3) is 0 Å². The fraction of sp³-hybridized carbons (Fsp3) is 0.267. The topological polar surface area (TPSA) is 131 Å². The molecule has 0 aromatic heterocycles. The van der Waals surface area contributed by atoms with Crippen LogP contribution in [0.4, 0.5) is 21.9 Å². The number of carbonyl (C=O) groups excluding carboxylic acids is 3. The molecule has 3 rings (SSSR count). The van der Waals surface area contributed by atoms with E-state index in [4.69, 9.17) is 5.11 Å². The maximum atomic E-state index is 13.2. The molecular weight excluding hydrogens is 510 g/mol. The molecule has 0 saturated carbocycles. The number of hydrogen-bond donors (Lipinski definition) is 4. The van der Waals surface area contributed by atoms with E-state index in [0.717, 1.165) is 23.4 Å². The molecular formula is C30H35N5O5. The van der Waals surface area contributed by atoms with Crippen LogP contribution in [0.3, 0.4) is 0 Å². The fourth-order valence-electron chi connectivity index (χ4n) is 3.93. The van der Waals surface area contributed by atoms with E-state index in [9.17, 15) is 19.2 Å². The minimum absolute atomic E-state index is 0.0955. The molecule has 40 heavy (non-hydrogen) atoms. The number of aryl methyl sites for hydroxylation is 1. The first-order chi connectivity index (χ1) is 19.1. The molecule has 0 atom stereocenters. The third-order valence-electron chi connectivity index (χ3n) is 6.10. The van der Waals surface area contributed by atoms with Crippen molar-refractivity contribution in [3.63, 3.8) is 0 Å². The molecule has 10 heteroatoms. The molecule has 0 bridgehead atoms. The van der Waals surface area contributed by atoms with Crippen LogP contribution in [-0.2, 0) is 16.0 Å². The summed E-state index contributed by atoms with van der Waals surface area (Å²) in [6, 6.07) is 19.9. The van der Waals surface area contributed by atoms with Crippen LogP contribution < -0.4 is 16.0 Å².